The molecular weight excluding hydrogens is 200 g/mol. The van der Waals surface area contributed by atoms with Gasteiger partial charge in [0.05, 0.1) is 12.2 Å². The predicted octanol–water partition coefficient (Wildman–Crippen LogP) is 3.34. The minimum Gasteiger partial charge on any atom is -0.494 e. The Hall–Kier alpha value is -1.02. The van der Waals surface area contributed by atoms with Gasteiger partial charge in [-0.2, -0.15) is 0 Å². The van der Waals surface area contributed by atoms with Gasteiger partial charge in [-0.15, -0.1) is 0 Å². The highest BCUT2D eigenvalue weighted by molar-refractivity contribution is 5.31. The number of ether oxygens (including phenoxy) is 1. The van der Waals surface area contributed by atoms with Gasteiger partial charge in [0, 0.05) is 0 Å². The van der Waals surface area contributed by atoms with Gasteiger partial charge in [-0.1, -0.05) is 32.9 Å². The van der Waals surface area contributed by atoms with Crippen LogP contribution in [0.1, 0.15) is 40.2 Å². The second kappa shape index (κ2) is 4.46. The van der Waals surface area contributed by atoms with Crippen LogP contribution in [0.3, 0.4) is 0 Å². The zero-order valence-corrected chi connectivity index (χ0v) is 10.9. The molecule has 0 aliphatic carbocycles. The second-order valence-electron chi connectivity index (χ2n) is 5.28. The van der Waals surface area contributed by atoms with Crippen LogP contribution in [0.25, 0.3) is 0 Å². The Bertz CT molecular complexity index is 331. The Labute approximate surface area is 98.3 Å². The van der Waals surface area contributed by atoms with E-state index in [1.807, 2.05) is 58.9 Å². The van der Waals surface area contributed by atoms with Crippen LogP contribution < -0.4 is 4.74 Å². The van der Waals surface area contributed by atoms with E-state index in [2.05, 4.69) is 0 Å². The van der Waals surface area contributed by atoms with E-state index in [9.17, 15) is 5.11 Å². The van der Waals surface area contributed by atoms with Crippen LogP contribution in [0, 0.1) is 5.41 Å². The number of rotatable bonds is 3. The Balaban J connectivity index is 2.97. The summed E-state index contributed by atoms with van der Waals surface area (Å²) in [6.45, 7) is 10.6. The van der Waals surface area contributed by atoms with Gasteiger partial charge in [-0.3, -0.25) is 0 Å². The molecule has 1 atom stereocenters. The van der Waals surface area contributed by atoms with Gasteiger partial charge >= 0.3 is 0 Å². The van der Waals surface area contributed by atoms with Crippen LogP contribution in [0.15, 0.2) is 24.3 Å². The Morgan fingerprint density at radius 1 is 1.06 bits per heavy atom. The van der Waals surface area contributed by atoms with Gasteiger partial charge in [-0.25, -0.2) is 0 Å². The van der Waals surface area contributed by atoms with E-state index >= 15 is 0 Å². The number of hydrogen-bond donors (Lipinski definition) is 1. The Morgan fingerprint density at radius 2 is 1.56 bits per heavy atom. The number of benzene rings is 1. The molecule has 90 valence electrons. The molecule has 1 aromatic carbocycles. The van der Waals surface area contributed by atoms with Crippen molar-refractivity contribution >= 4 is 0 Å². The number of aliphatic hydroxyl groups is 1. The van der Waals surface area contributed by atoms with E-state index < -0.39 is 5.60 Å². The average molecular weight is 222 g/mol. The molecule has 0 radical (unpaired) electrons. The molecule has 2 heteroatoms. The normalized spacial score (nSPS) is 15.6. The van der Waals surface area contributed by atoms with E-state index in [-0.39, 0.29) is 5.41 Å². The van der Waals surface area contributed by atoms with Crippen molar-refractivity contribution in [2.45, 2.75) is 40.2 Å². The maximum Gasteiger partial charge on any atom is 0.119 e. The van der Waals surface area contributed by atoms with Gasteiger partial charge in [0.2, 0.25) is 0 Å². The van der Waals surface area contributed by atoms with Gasteiger partial charge in [-0.05, 0) is 37.0 Å². The first kappa shape index (κ1) is 13.0. The van der Waals surface area contributed by atoms with E-state index in [0.29, 0.717) is 6.61 Å². The van der Waals surface area contributed by atoms with Crippen molar-refractivity contribution in [1.29, 1.82) is 0 Å². The van der Waals surface area contributed by atoms with Crippen molar-refractivity contribution in [2.75, 3.05) is 6.61 Å². The first-order chi connectivity index (χ1) is 7.29. The summed E-state index contributed by atoms with van der Waals surface area (Å²) in [5.74, 6) is 0.843. The van der Waals surface area contributed by atoms with Gasteiger partial charge < -0.3 is 9.84 Å². The Morgan fingerprint density at radius 3 is 1.94 bits per heavy atom. The van der Waals surface area contributed by atoms with Gasteiger partial charge in [0.25, 0.3) is 0 Å². The SMILES string of the molecule is CCOc1ccc(C(C)(O)C(C)(C)C)cc1. The number of hydrogen-bond acceptors (Lipinski definition) is 2. The largest absolute Gasteiger partial charge is 0.494 e. The summed E-state index contributed by atoms with van der Waals surface area (Å²) in [4.78, 5) is 0. The standard InChI is InChI=1S/C14H22O2/c1-6-16-12-9-7-11(8-10-12)14(5,15)13(2,3)4/h7-10,15H,6H2,1-5H3. The van der Waals surface area contributed by atoms with Crippen molar-refractivity contribution in [3.8, 4) is 5.75 Å². The minimum atomic E-state index is -0.836. The second-order valence-corrected chi connectivity index (χ2v) is 5.28. The highest BCUT2D eigenvalue weighted by Crippen LogP contribution is 2.39. The molecule has 0 heterocycles. The first-order valence-electron chi connectivity index (χ1n) is 5.74. The lowest BCUT2D eigenvalue weighted by Gasteiger charge is -2.37. The van der Waals surface area contributed by atoms with E-state index in [0.717, 1.165) is 11.3 Å². The van der Waals surface area contributed by atoms with Crippen molar-refractivity contribution in [3.05, 3.63) is 29.8 Å². The van der Waals surface area contributed by atoms with E-state index in [1.165, 1.54) is 0 Å². The summed E-state index contributed by atoms with van der Waals surface area (Å²) in [7, 11) is 0. The summed E-state index contributed by atoms with van der Waals surface area (Å²) < 4.78 is 5.38. The van der Waals surface area contributed by atoms with Crippen molar-refractivity contribution < 1.29 is 9.84 Å². The molecule has 1 unspecified atom stereocenters. The molecule has 0 aromatic heterocycles. The molecule has 1 aromatic rings. The zero-order valence-electron chi connectivity index (χ0n) is 10.9. The van der Waals surface area contributed by atoms with Gasteiger partial charge in [0.15, 0.2) is 0 Å². The summed E-state index contributed by atoms with van der Waals surface area (Å²) >= 11 is 0. The molecule has 0 fully saturated rings. The maximum absolute atomic E-state index is 10.5. The molecule has 0 aliphatic heterocycles. The van der Waals surface area contributed by atoms with Crippen LogP contribution in [-0.2, 0) is 5.60 Å². The molecule has 1 N–H and O–H groups in total. The lowest BCUT2D eigenvalue weighted by molar-refractivity contribution is -0.0470. The molecule has 2 nitrogen and oxygen atoms in total. The highest BCUT2D eigenvalue weighted by atomic mass is 16.5. The molecule has 0 amide bonds. The molecule has 0 aliphatic rings. The van der Waals surface area contributed by atoms with Crippen LogP contribution in [0.5, 0.6) is 5.75 Å². The zero-order chi connectivity index (χ0) is 12.4. The molecule has 1 rings (SSSR count). The lowest BCUT2D eigenvalue weighted by Crippen LogP contribution is -2.36. The first-order valence-corrected chi connectivity index (χ1v) is 5.74. The summed E-state index contributed by atoms with van der Waals surface area (Å²) in [5, 5.41) is 10.5. The minimum absolute atomic E-state index is 0.194. The third kappa shape index (κ3) is 2.56. The van der Waals surface area contributed by atoms with Crippen LogP contribution >= 0.6 is 0 Å². The molecule has 16 heavy (non-hydrogen) atoms. The van der Waals surface area contributed by atoms with Crippen LogP contribution in [0.4, 0.5) is 0 Å². The molecule has 0 saturated carbocycles. The quantitative estimate of drug-likeness (QED) is 0.850. The third-order valence-corrected chi connectivity index (χ3v) is 3.19. The highest BCUT2D eigenvalue weighted by Gasteiger charge is 2.36. The molecular formula is C14H22O2. The van der Waals surface area contributed by atoms with E-state index in [1.54, 1.807) is 0 Å². The molecule has 0 saturated heterocycles. The fraction of sp³-hybridized carbons (Fsp3) is 0.571. The summed E-state index contributed by atoms with van der Waals surface area (Å²) in [6.07, 6.45) is 0. The topological polar surface area (TPSA) is 29.5 Å². The maximum atomic E-state index is 10.5. The van der Waals surface area contributed by atoms with Crippen molar-refractivity contribution in [1.82, 2.24) is 0 Å². The lowest BCUT2D eigenvalue weighted by atomic mass is 9.73. The molecule has 0 spiro atoms. The van der Waals surface area contributed by atoms with E-state index in [4.69, 9.17) is 4.74 Å². The summed E-state index contributed by atoms with van der Waals surface area (Å²) in [5.41, 5.74) is -0.110. The predicted molar refractivity (Wildman–Crippen MR) is 66.6 cm³/mol. The Kier molecular flexibility index (Phi) is 3.64. The third-order valence-electron chi connectivity index (χ3n) is 3.19. The molecule has 0 bridgehead atoms. The average Bonchev–Trinajstić information content (AvgIpc) is 2.17. The van der Waals surface area contributed by atoms with Gasteiger partial charge in [0.1, 0.15) is 5.75 Å². The summed E-state index contributed by atoms with van der Waals surface area (Å²) in [6, 6.07) is 7.66. The fourth-order valence-electron chi connectivity index (χ4n) is 1.48. The van der Waals surface area contributed by atoms with Crippen LogP contribution in [0.2, 0.25) is 0 Å². The van der Waals surface area contributed by atoms with Crippen LogP contribution in [-0.4, -0.2) is 11.7 Å². The monoisotopic (exact) mass is 222 g/mol. The van der Waals surface area contributed by atoms with Crippen molar-refractivity contribution in [2.24, 2.45) is 5.41 Å². The fourth-order valence-corrected chi connectivity index (χ4v) is 1.48. The van der Waals surface area contributed by atoms with Crippen molar-refractivity contribution in [3.63, 3.8) is 0 Å². The smallest absolute Gasteiger partial charge is 0.119 e.